The van der Waals surface area contributed by atoms with Crippen LogP contribution in [0.1, 0.15) is 5.56 Å². The second-order valence-electron chi connectivity index (χ2n) is 4.36. The van der Waals surface area contributed by atoms with Crippen LogP contribution in [0, 0.1) is 11.3 Å². The molecule has 0 aliphatic heterocycles. The van der Waals surface area contributed by atoms with E-state index in [1.807, 2.05) is 24.3 Å². The molecular formula is C17H10ClNS. The summed E-state index contributed by atoms with van der Waals surface area (Å²) in [6.45, 7) is 0. The van der Waals surface area contributed by atoms with E-state index in [0.29, 0.717) is 10.6 Å². The third-order valence-corrected chi connectivity index (χ3v) is 4.31. The lowest BCUT2D eigenvalue weighted by atomic mass is 10.1. The average Bonchev–Trinajstić information content (AvgIpc) is 2.47. The summed E-state index contributed by atoms with van der Waals surface area (Å²) in [5.41, 5.74) is 0.509. The Balaban J connectivity index is 1.93. The SMILES string of the molecule is N#Cc1ccc(Sc2ccc3ccccc3c2)cc1Cl. The maximum Gasteiger partial charge on any atom is 0.101 e. The smallest absolute Gasteiger partial charge is 0.101 e. The number of hydrogen-bond acceptors (Lipinski definition) is 2. The predicted molar refractivity (Wildman–Crippen MR) is 84.2 cm³/mol. The highest BCUT2D eigenvalue weighted by molar-refractivity contribution is 7.99. The summed E-state index contributed by atoms with van der Waals surface area (Å²) in [5, 5.41) is 11.8. The van der Waals surface area contributed by atoms with E-state index >= 15 is 0 Å². The molecule has 20 heavy (non-hydrogen) atoms. The fourth-order valence-corrected chi connectivity index (χ4v) is 3.21. The lowest BCUT2D eigenvalue weighted by Gasteiger charge is -2.05. The fourth-order valence-electron chi connectivity index (χ4n) is 2.02. The van der Waals surface area contributed by atoms with Gasteiger partial charge < -0.3 is 0 Å². The van der Waals surface area contributed by atoms with E-state index in [1.165, 1.54) is 10.8 Å². The number of nitrogens with zero attached hydrogens (tertiary/aromatic N) is 1. The van der Waals surface area contributed by atoms with Gasteiger partial charge in [0, 0.05) is 9.79 Å². The van der Waals surface area contributed by atoms with E-state index in [2.05, 4.69) is 36.4 Å². The standard InChI is InChI=1S/C17H10ClNS/c18-17-10-16(8-6-14(17)11-19)20-15-7-5-12-3-1-2-4-13(12)9-15/h1-10H. The van der Waals surface area contributed by atoms with Crippen LogP contribution in [0.5, 0.6) is 0 Å². The molecule has 0 amide bonds. The van der Waals surface area contributed by atoms with Gasteiger partial charge in [-0.3, -0.25) is 0 Å². The number of rotatable bonds is 2. The Hall–Kier alpha value is -1.95. The summed E-state index contributed by atoms with van der Waals surface area (Å²) >= 11 is 7.70. The van der Waals surface area contributed by atoms with Crippen molar-refractivity contribution < 1.29 is 0 Å². The highest BCUT2D eigenvalue weighted by Crippen LogP contribution is 2.32. The van der Waals surface area contributed by atoms with Gasteiger partial charge in [-0.05, 0) is 41.1 Å². The maximum atomic E-state index is 8.88. The highest BCUT2D eigenvalue weighted by Gasteiger charge is 2.03. The van der Waals surface area contributed by atoms with Gasteiger partial charge in [0.05, 0.1) is 10.6 Å². The van der Waals surface area contributed by atoms with E-state index < -0.39 is 0 Å². The quantitative estimate of drug-likeness (QED) is 0.622. The molecule has 0 spiro atoms. The maximum absolute atomic E-state index is 8.88. The third-order valence-electron chi connectivity index (χ3n) is 3.02. The van der Waals surface area contributed by atoms with E-state index in [1.54, 1.807) is 17.8 Å². The number of hydrogen-bond donors (Lipinski definition) is 0. The molecule has 0 radical (unpaired) electrons. The van der Waals surface area contributed by atoms with Crippen LogP contribution in [-0.4, -0.2) is 0 Å². The zero-order chi connectivity index (χ0) is 13.9. The van der Waals surface area contributed by atoms with Gasteiger partial charge in [0.15, 0.2) is 0 Å². The van der Waals surface area contributed by atoms with Gasteiger partial charge in [-0.25, -0.2) is 0 Å². The molecule has 0 saturated heterocycles. The predicted octanol–water partition coefficient (Wildman–Crippen LogP) is 5.52. The van der Waals surface area contributed by atoms with Crippen LogP contribution in [0.4, 0.5) is 0 Å². The largest absolute Gasteiger partial charge is 0.192 e. The highest BCUT2D eigenvalue weighted by atomic mass is 35.5. The monoisotopic (exact) mass is 295 g/mol. The summed E-state index contributed by atoms with van der Waals surface area (Å²) in [6, 6.07) is 22.2. The Labute approximate surface area is 126 Å². The molecule has 3 aromatic carbocycles. The number of fused-ring (bicyclic) bond motifs is 1. The van der Waals surface area contributed by atoms with Gasteiger partial charge in [-0.1, -0.05) is 53.7 Å². The summed E-state index contributed by atoms with van der Waals surface area (Å²) in [7, 11) is 0. The van der Waals surface area contributed by atoms with Gasteiger partial charge in [0.1, 0.15) is 6.07 Å². The Morgan fingerprint density at radius 3 is 2.30 bits per heavy atom. The van der Waals surface area contributed by atoms with Gasteiger partial charge in [0.25, 0.3) is 0 Å². The van der Waals surface area contributed by atoms with Gasteiger partial charge in [-0.2, -0.15) is 5.26 Å². The normalized spacial score (nSPS) is 10.4. The number of benzene rings is 3. The van der Waals surface area contributed by atoms with Gasteiger partial charge in [-0.15, -0.1) is 0 Å². The topological polar surface area (TPSA) is 23.8 Å². The first kappa shape index (κ1) is 13.1. The third kappa shape index (κ3) is 2.65. The fraction of sp³-hybridized carbons (Fsp3) is 0. The van der Waals surface area contributed by atoms with Crippen molar-refractivity contribution in [2.75, 3.05) is 0 Å². The lowest BCUT2D eigenvalue weighted by Crippen LogP contribution is -1.79. The van der Waals surface area contributed by atoms with E-state index in [9.17, 15) is 0 Å². The first-order valence-electron chi connectivity index (χ1n) is 6.12. The van der Waals surface area contributed by atoms with Crippen LogP contribution in [0.3, 0.4) is 0 Å². The molecule has 1 nitrogen and oxygen atoms in total. The Morgan fingerprint density at radius 2 is 1.55 bits per heavy atom. The van der Waals surface area contributed by atoms with Crippen LogP contribution in [-0.2, 0) is 0 Å². The van der Waals surface area contributed by atoms with Crippen molar-refractivity contribution in [3.05, 3.63) is 71.2 Å². The molecule has 0 unspecified atom stereocenters. The van der Waals surface area contributed by atoms with Crippen molar-refractivity contribution >= 4 is 34.1 Å². The summed E-state index contributed by atoms with van der Waals surface area (Å²) in [6.07, 6.45) is 0. The molecule has 96 valence electrons. The first-order valence-corrected chi connectivity index (χ1v) is 7.32. The lowest BCUT2D eigenvalue weighted by molar-refractivity contribution is 1.39. The van der Waals surface area contributed by atoms with Gasteiger partial charge in [0.2, 0.25) is 0 Å². The molecule has 0 fully saturated rings. The molecule has 0 heterocycles. The Morgan fingerprint density at radius 1 is 0.850 bits per heavy atom. The van der Waals surface area contributed by atoms with Crippen molar-refractivity contribution in [3.63, 3.8) is 0 Å². The van der Waals surface area contributed by atoms with Crippen LogP contribution < -0.4 is 0 Å². The molecule has 3 rings (SSSR count). The van der Waals surface area contributed by atoms with E-state index in [0.717, 1.165) is 9.79 Å². The molecule has 3 aromatic rings. The summed E-state index contributed by atoms with van der Waals surface area (Å²) < 4.78 is 0. The van der Waals surface area contributed by atoms with Crippen molar-refractivity contribution in [2.45, 2.75) is 9.79 Å². The summed E-state index contributed by atoms with van der Waals surface area (Å²) in [4.78, 5) is 2.19. The minimum absolute atomic E-state index is 0.498. The molecule has 0 bridgehead atoms. The van der Waals surface area contributed by atoms with Crippen molar-refractivity contribution in [1.82, 2.24) is 0 Å². The van der Waals surface area contributed by atoms with Crippen LogP contribution in [0.25, 0.3) is 10.8 Å². The molecule has 0 N–H and O–H groups in total. The summed E-state index contributed by atoms with van der Waals surface area (Å²) in [5.74, 6) is 0. The molecule has 0 aliphatic rings. The van der Waals surface area contributed by atoms with Crippen molar-refractivity contribution in [1.29, 1.82) is 5.26 Å². The van der Waals surface area contributed by atoms with Crippen LogP contribution in [0.15, 0.2) is 70.5 Å². The van der Waals surface area contributed by atoms with Crippen LogP contribution >= 0.6 is 23.4 Å². The average molecular weight is 296 g/mol. The molecule has 0 aliphatic carbocycles. The molecule has 3 heteroatoms. The first-order chi connectivity index (χ1) is 9.76. The zero-order valence-corrected chi connectivity index (χ0v) is 12.1. The van der Waals surface area contributed by atoms with Crippen molar-refractivity contribution in [2.24, 2.45) is 0 Å². The molecule has 0 atom stereocenters. The van der Waals surface area contributed by atoms with E-state index in [-0.39, 0.29) is 0 Å². The number of nitriles is 1. The zero-order valence-electron chi connectivity index (χ0n) is 10.5. The Bertz CT molecular complexity index is 821. The second kappa shape index (κ2) is 5.58. The van der Waals surface area contributed by atoms with Gasteiger partial charge >= 0.3 is 0 Å². The molecule has 0 aromatic heterocycles. The van der Waals surface area contributed by atoms with E-state index in [4.69, 9.17) is 16.9 Å². The van der Waals surface area contributed by atoms with Crippen LogP contribution in [0.2, 0.25) is 5.02 Å². The molecule has 0 saturated carbocycles. The Kier molecular flexibility index (Phi) is 3.64. The second-order valence-corrected chi connectivity index (χ2v) is 5.92. The molecular weight excluding hydrogens is 286 g/mol. The minimum atomic E-state index is 0.498. The number of halogens is 1. The minimum Gasteiger partial charge on any atom is -0.192 e. The van der Waals surface area contributed by atoms with Crippen molar-refractivity contribution in [3.8, 4) is 6.07 Å².